The van der Waals surface area contributed by atoms with Crippen molar-refractivity contribution in [2.75, 3.05) is 13.2 Å². The Labute approximate surface area is 147 Å². The van der Waals surface area contributed by atoms with Crippen LogP contribution in [0.2, 0.25) is 0 Å². The largest absolute Gasteiger partial charge is 0.459 e. The van der Waals surface area contributed by atoms with Gasteiger partial charge >= 0.3 is 5.97 Å². The molecular weight excluding hydrogens is 328 g/mol. The quantitative estimate of drug-likeness (QED) is 0.369. The molecule has 0 radical (unpaired) electrons. The maximum Gasteiger partial charge on any atom is 0.338 e. The van der Waals surface area contributed by atoms with Gasteiger partial charge < -0.3 is 30.3 Å². The number of carbonyl (C=O) groups excluding carboxylic acids is 1. The highest BCUT2D eigenvalue weighted by Crippen LogP contribution is 2.12. The SMILES string of the molecule is CC(C)CCc1ccc(C(=O)OC[C@@H](O)[C@@H](O)[C@H](O)[C@@H](O)CO)cc1. The zero-order chi connectivity index (χ0) is 19.0. The third-order valence-electron chi connectivity index (χ3n) is 3.91. The summed E-state index contributed by atoms with van der Waals surface area (Å²) in [5.41, 5.74) is 1.42. The van der Waals surface area contributed by atoms with E-state index in [9.17, 15) is 25.2 Å². The third-order valence-corrected chi connectivity index (χ3v) is 3.91. The predicted octanol–water partition coefficient (Wildman–Crippen LogP) is -0.132. The summed E-state index contributed by atoms with van der Waals surface area (Å²) in [6.45, 7) is 2.96. The Hall–Kier alpha value is -1.51. The lowest BCUT2D eigenvalue weighted by Gasteiger charge is -2.25. The summed E-state index contributed by atoms with van der Waals surface area (Å²) in [6, 6.07) is 6.94. The maximum absolute atomic E-state index is 11.9. The van der Waals surface area contributed by atoms with E-state index >= 15 is 0 Å². The molecule has 25 heavy (non-hydrogen) atoms. The molecule has 0 fully saturated rings. The molecule has 7 heteroatoms. The highest BCUT2D eigenvalue weighted by molar-refractivity contribution is 5.89. The summed E-state index contributed by atoms with van der Waals surface area (Å²) < 4.78 is 4.91. The number of aliphatic hydroxyl groups is 5. The Morgan fingerprint density at radius 1 is 1.00 bits per heavy atom. The molecule has 1 rings (SSSR count). The highest BCUT2D eigenvalue weighted by Gasteiger charge is 2.30. The van der Waals surface area contributed by atoms with Crippen molar-refractivity contribution in [3.8, 4) is 0 Å². The molecule has 4 atom stereocenters. The molecule has 0 amide bonds. The van der Waals surface area contributed by atoms with Crippen LogP contribution >= 0.6 is 0 Å². The molecule has 0 saturated carbocycles. The zero-order valence-electron chi connectivity index (χ0n) is 14.6. The second kappa shape index (κ2) is 10.5. The Kier molecular flexibility index (Phi) is 9.02. The maximum atomic E-state index is 11.9. The molecule has 1 aromatic rings. The highest BCUT2D eigenvalue weighted by atomic mass is 16.5. The Bertz CT molecular complexity index is 515. The van der Waals surface area contributed by atoms with Gasteiger partial charge in [-0.2, -0.15) is 0 Å². The van der Waals surface area contributed by atoms with Crippen molar-refractivity contribution in [3.63, 3.8) is 0 Å². The fourth-order valence-electron chi connectivity index (χ4n) is 2.17. The summed E-state index contributed by atoms with van der Waals surface area (Å²) >= 11 is 0. The second-order valence-corrected chi connectivity index (χ2v) is 6.53. The molecule has 0 aliphatic heterocycles. The minimum absolute atomic E-state index is 0.311. The molecular formula is C18H28O7. The van der Waals surface area contributed by atoms with Crippen molar-refractivity contribution < 1.29 is 35.1 Å². The van der Waals surface area contributed by atoms with Crippen molar-refractivity contribution in [3.05, 3.63) is 35.4 Å². The van der Waals surface area contributed by atoms with Gasteiger partial charge in [0.05, 0.1) is 12.2 Å². The molecule has 7 nitrogen and oxygen atoms in total. The number of hydrogen-bond donors (Lipinski definition) is 5. The Balaban J connectivity index is 2.50. The first kappa shape index (κ1) is 21.5. The molecule has 0 spiro atoms. The number of hydrogen-bond acceptors (Lipinski definition) is 7. The Morgan fingerprint density at radius 3 is 2.08 bits per heavy atom. The van der Waals surface area contributed by atoms with Crippen LogP contribution in [0.15, 0.2) is 24.3 Å². The first-order valence-electron chi connectivity index (χ1n) is 8.35. The molecule has 0 bridgehead atoms. The molecule has 0 aliphatic rings. The number of aliphatic hydroxyl groups excluding tert-OH is 5. The van der Waals surface area contributed by atoms with E-state index in [1.165, 1.54) is 0 Å². The van der Waals surface area contributed by atoms with Crippen LogP contribution in [0.3, 0.4) is 0 Å². The summed E-state index contributed by atoms with van der Waals surface area (Å²) in [7, 11) is 0. The van der Waals surface area contributed by atoms with E-state index in [4.69, 9.17) is 9.84 Å². The van der Waals surface area contributed by atoms with Crippen molar-refractivity contribution in [2.24, 2.45) is 5.92 Å². The van der Waals surface area contributed by atoms with Gasteiger partial charge in [-0.05, 0) is 36.5 Å². The lowest BCUT2D eigenvalue weighted by Crippen LogP contribution is -2.47. The van der Waals surface area contributed by atoms with Crippen LogP contribution in [0.25, 0.3) is 0 Å². The first-order valence-corrected chi connectivity index (χ1v) is 8.35. The normalized spacial score (nSPS) is 16.3. The number of carbonyl (C=O) groups is 1. The first-order chi connectivity index (χ1) is 11.8. The monoisotopic (exact) mass is 356 g/mol. The minimum Gasteiger partial charge on any atom is -0.459 e. The molecule has 0 heterocycles. The van der Waals surface area contributed by atoms with E-state index in [1.807, 2.05) is 12.1 Å². The van der Waals surface area contributed by atoms with Crippen LogP contribution in [0.1, 0.15) is 36.2 Å². The Morgan fingerprint density at radius 2 is 1.56 bits per heavy atom. The molecule has 1 aromatic carbocycles. The van der Waals surface area contributed by atoms with Crippen LogP contribution in [-0.4, -0.2) is 69.1 Å². The fourth-order valence-corrected chi connectivity index (χ4v) is 2.17. The molecule has 0 unspecified atom stereocenters. The molecule has 0 saturated heterocycles. The van der Waals surface area contributed by atoms with E-state index in [-0.39, 0.29) is 0 Å². The van der Waals surface area contributed by atoms with Gasteiger partial charge in [0.25, 0.3) is 0 Å². The molecule has 142 valence electrons. The standard InChI is InChI=1S/C18H28O7/c1-11(2)3-4-12-5-7-13(8-6-12)18(24)25-10-15(21)17(23)16(22)14(20)9-19/h5-8,11,14-17,19-23H,3-4,9-10H2,1-2H3/t14-,15+,16+,17+/m0/s1. The predicted molar refractivity (Wildman–Crippen MR) is 91.0 cm³/mol. The summed E-state index contributed by atoms with van der Waals surface area (Å²) in [5, 5.41) is 46.8. The van der Waals surface area contributed by atoms with Gasteiger partial charge in [-0.25, -0.2) is 4.79 Å². The van der Waals surface area contributed by atoms with E-state index in [2.05, 4.69) is 13.8 Å². The smallest absolute Gasteiger partial charge is 0.338 e. The van der Waals surface area contributed by atoms with Crippen LogP contribution in [0.4, 0.5) is 0 Å². The van der Waals surface area contributed by atoms with Crippen molar-refractivity contribution in [2.45, 2.75) is 51.1 Å². The average Bonchev–Trinajstić information content (AvgIpc) is 2.62. The molecule has 0 aliphatic carbocycles. The topological polar surface area (TPSA) is 127 Å². The summed E-state index contributed by atoms with van der Waals surface area (Å²) in [5.74, 6) is -0.0730. The third kappa shape index (κ3) is 7.09. The van der Waals surface area contributed by atoms with Gasteiger partial charge in [0.1, 0.15) is 31.0 Å². The van der Waals surface area contributed by atoms with Crippen molar-refractivity contribution in [1.82, 2.24) is 0 Å². The van der Waals surface area contributed by atoms with Crippen molar-refractivity contribution in [1.29, 1.82) is 0 Å². The number of aryl methyl sites for hydroxylation is 1. The number of esters is 1. The van der Waals surface area contributed by atoms with Crippen molar-refractivity contribution >= 4 is 5.97 Å². The van der Waals surface area contributed by atoms with Crippen LogP contribution < -0.4 is 0 Å². The molecule has 5 N–H and O–H groups in total. The van der Waals surface area contributed by atoms with E-state index in [0.717, 1.165) is 18.4 Å². The van der Waals surface area contributed by atoms with Gasteiger partial charge in [-0.3, -0.25) is 0 Å². The van der Waals surface area contributed by atoms with Gasteiger partial charge in [-0.1, -0.05) is 26.0 Å². The average molecular weight is 356 g/mol. The number of rotatable bonds is 10. The van der Waals surface area contributed by atoms with E-state index in [0.29, 0.717) is 11.5 Å². The fraction of sp³-hybridized carbons (Fsp3) is 0.611. The lowest BCUT2D eigenvalue weighted by molar-refractivity contribution is -0.124. The van der Waals surface area contributed by atoms with Gasteiger partial charge in [-0.15, -0.1) is 0 Å². The van der Waals surface area contributed by atoms with Crippen LogP contribution in [0.5, 0.6) is 0 Å². The zero-order valence-corrected chi connectivity index (χ0v) is 14.6. The molecule has 0 aromatic heterocycles. The van der Waals surface area contributed by atoms with Crippen LogP contribution in [0, 0.1) is 5.92 Å². The summed E-state index contributed by atoms with van der Waals surface area (Å²) in [4.78, 5) is 11.9. The lowest BCUT2D eigenvalue weighted by atomic mass is 10.0. The number of benzene rings is 1. The second-order valence-electron chi connectivity index (χ2n) is 6.53. The van der Waals surface area contributed by atoms with Crippen LogP contribution in [-0.2, 0) is 11.2 Å². The van der Waals surface area contributed by atoms with Gasteiger partial charge in [0, 0.05) is 0 Å². The van der Waals surface area contributed by atoms with Gasteiger partial charge in [0.2, 0.25) is 0 Å². The number of ether oxygens (including phenoxy) is 1. The van der Waals surface area contributed by atoms with E-state index < -0.39 is 43.6 Å². The van der Waals surface area contributed by atoms with E-state index in [1.54, 1.807) is 12.1 Å². The van der Waals surface area contributed by atoms with Gasteiger partial charge in [0.15, 0.2) is 0 Å². The minimum atomic E-state index is -1.76. The summed E-state index contributed by atoms with van der Waals surface area (Å²) in [6.07, 6.45) is -4.73.